The number of carbonyl (C=O) groups is 2. The summed E-state index contributed by atoms with van der Waals surface area (Å²) >= 11 is 0. The maximum absolute atomic E-state index is 13.9. The van der Waals surface area contributed by atoms with Gasteiger partial charge in [-0.1, -0.05) is 37.3 Å². The van der Waals surface area contributed by atoms with Crippen LogP contribution in [0.1, 0.15) is 25.5 Å². The van der Waals surface area contributed by atoms with Gasteiger partial charge in [-0.3, -0.25) is 4.79 Å². The molecule has 0 aliphatic rings. The van der Waals surface area contributed by atoms with Gasteiger partial charge in [0, 0.05) is 19.0 Å². The topological polar surface area (TPSA) is 69.6 Å². The minimum absolute atomic E-state index is 0.109. The van der Waals surface area contributed by atoms with Gasteiger partial charge in [-0.15, -0.1) is 0 Å². The van der Waals surface area contributed by atoms with Crippen molar-refractivity contribution in [1.82, 2.24) is 10.2 Å². The maximum Gasteiger partial charge on any atom is 0.317 e. The largest absolute Gasteiger partial charge is 0.481 e. The Morgan fingerprint density at radius 1 is 1.17 bits per heavy atom. The first-order valence-corrected chi connectivity index (χ1v) is 7.72. The second-order valence-corrected chi connectivity index (χ2v) is 5.97. The number of amides is 2. The Bertz CT molecular complexity index is 763. The summed E-state index contributed by atoms with van der Waals surface area (Å²) in [7, 11) is 1.55. The van der Waals surface area contributed by atoms with Crippen LogP contribution in [-0.2, 0) is 4.79 Å². The maximum atomic E-state index is 13.9. The second kappa shape index (κ2) is 7.29. The van der Waals surface area contributed by atoms with Crippen molar-refractivity contribution in [3.63, 3.8) is 0 Å². The molecule has 0 aliphatic heterocycles. The Morgan fingerprint density at radius 3 is 2.42 bits per heavy atom. The average molecular weight is 332 g/mol. The summed E-state index contributed by atoms with van der Waals surface area (Å²) in [5.41, 5.74) is 0.806. The number of carboxylic acid groups (broad SMARTS) is 1. The van der Waals surface area contributed by atoms with Gasteiger partial charge in [-0.05, 0) is 23.9 Å². The van der Waals surface area contributed by atoms with Crippen LogP contribution in [0.15, 0.2) is 36.4 Å². The standard InChI is InChI=1S/C18H21FN2O3/c1-11(17(22)23)10-21(3)18(24)20-12(2)13-8-9-16(19)15-7-5-4-6-14(13)15/h4-9,11-12H,10H2,1-3H3,(H,20,24)(H,22,23). The molecular weight excluding hydrogens is 311 g/mol. The van der Waals surface area contributed by atoms with Gasteiger partial charge >= 0.3 is 12.0 Å². The Kier molecular flexibility index (Phi) is 5.39. The van der Waals surface area contributed by atoms with E-state index in [2.05, 4.69) is 5.32 Å². The van der Waals surface area contributed by atoms with E-state index in [9.17, 15) is 14.0 Å². The van der Waals surface area contributed by atoms with E-state index in [1.165, 1.54) is 11.0 Å². The molecule has 0 fully saturated rings. The van der Waals surface area contributed by atoms with E-state index in [1.807, 2.05) is 19.1 Å². The van der Waals surface area contributed by atoms with Gasteiger partial charge in [-0.2, -0.15) is 0 Å². The third-order valence-electron chi connectivity index (χ3n) is 4.03. The fourth-order valence-electron chi connectivity index (χ4n) is 2.61. The number of benzene rings is 2. The number of aliphatic carboxylic acids is 1. The van der Waals surface area contributed by atoms with Gasteiger partial charge in [0.05, 0.1) is 12.0 Å². The molecule has 6 heteroatoms. The molecule has 2 N–H and O–H groups in total. The molecule has 0 spiro atoms. The summed E-state index contributed by atoms with van der Waals surface area (Å²) in [5.74, 6) is -1.91. The zero-order valence-electron chi connectivity index (χ0n) is 13.9. The van der Waals surface area contributed by atoms with Crippen molar-refractivity contribution < 1.29 is 19.1 Å². The average Bonchev–Trinajstić information content (AvgIpc) is 2.55. The van der Waals surface area contributed by atoms with Crippen molar-refractivity contribution in [1.29, 1.82) is 0 Å². The molecule has 0 aliphatic carbocycles. The van der Waals surface area contributed by atoms with E-state index in [1.54, 1.807) is 32.2 Å². The second-order valence-electron chi connectivity index (χ2n) is 5.97. The molecule has 0 radical (unpaired) electrons. The van der Waals surface area contributed by atoms with E-state index < -0.39 is 11.9 Å². The number of hydrogen-bond acceptors (Lipinski definition) is 2. The minimum atomic E-state index is -0.952. The van der Waals surface area contributed by atoms with Crippen molar-refractivity contribution >= 4 is 22.8 Å². The first-order valence-electron chi connectivity index (χ1n) is 7.72. The van der Waals surface area contributed by atoms with E-state index >= 15 is 0 Å². The number of carbonyl (C=O) groups excluding carboxylic acids is 1. The molecule has 2 aromatic rings. The summed E-state index contributed by atoms with van der Waals surface area (Å²) in [4.78, 5) is 24.5. The van der Waals surface area contributed by atoms with Crippen LogP contribution in [0.5, 0.6) is 0 Å². The molecule has 24 heavy (non-hydrogen) atoms. The van der Waals surface area contributed by atoms with Crippen LogP contribution in [0.4, 0.5) is 9.18 Å². The van der Waals surface area contributed by atoms with Crippen LogP contribution in [0, 0.1) is 11.7 Å². The van der Waals surface area contributed by atoms with Crippen LogP contribution in [0.25, 0.3) is 10.8 Å². The van der Waals surface area contributed by atoms with Crippen LogP contribution in [-0.4, -0.2) is 35.6 Å². The van der Waals surface area contributed by atoms with Gasteiger partial charge in [0.15, 0.2) is 0 Å². The summed E-state index contributed by atoms with van der Waals surface area (Å²) in [6, 6.07) is 9.42. The highest BCUT2D eigenvalue weighted by atomic mass is 19.1. The van der Waals surface area contributed by atoms with Gasteiger partial charge in [0.2, 0.25) is 0 Å². The normalized spacial score (nSPS) is 13.3. The third-order valence-corrected chi connectivity index (χ3v) is 4.03. The zero-order chi connectivity index (χ0) is 17.9. The molecule has 2 rings (SSSR count). The lowest BCUT2D eigenvalue weighted by Gasteiger charge is -2.23. The summed E-state index contributed by atoms with van der Waals surface area (Å²) in [6.07, 6.45) is 0. The smallest absolute Gasteiger partial charge is 0.317 e. The first kappa shape index (κ1) is 17.7. The number of halogens is 1. The molecule has 0 saturated carbocycles. The minimum Gasteiger partial charge on any atom is -0.481 e. The van der Waals surface area contributed by atoms with Crippen molar-refractivity contribution in [3.05, 3.63) is 47.8 Å². The fraction of sp³-hybridized carbons (Fsp3) is 0.333. The van der Waals surface area contributed by atoms with Gasteiger partial charge < -0.3 is 15.3 Å². The molecule has 2 atom stereocenters. The fourth-order valence-corrected chi connectivity index (χ4v) is 2.61. The predicted octanol–water partition coefficient (Wildman–Crippen LogP) is 3.40. The quantitative estimate of drug-likeness (QED) is 0.881. The van der Waals surface area contributed by atoms with Gasteiger partial charge in [0.25, 0.3) is 0 Å². The molecular formula is C18H21FN2O3. The third kappa shape index (κ3) is 3.82. The Balaban J connectivity index is 2.15. The highest BCUT2D eigenvalue weighted by Gasteiger charge is 2.20. The summed E-state index contributed by atoms with van der Waals surface area (Å²) < 4.78 is 13.9. The van der Waals surface area contributed by atoms with Gasteiger partial charge in [-0.25, -0.2) is 9.18 Å². The van der Waals surface area contributed by atoms with Crippen molar-refractivity contribution in [2.75, 3.05) is 13.6 Å². The number of urea groups is 1. The molecule has 128 valence electrons. The Labute approximate surface area is 140 Å². The van der Waals surface area contributed by atoms with E-state index in [-0.39, 0.29) is 24.4 Å². The zero-order valence-corrected chi connectivity index (χ0v) is 13.9. The monoisotopic (exact) mass is 332 g/mol. The molecule has 2 unspecified atom stereocenters. The molecule has 0 aromatic heterocycles. The lowest BCUT2D eigenvalue weighted by Crippen LogP contribution is -2.41. The SMILES string of the molecule is CC(CN(C)C(=O)NC(C)c1ccc(F)c2ccccc12)C(=O)O. The number of hydrogen-bond donors (Lipinski definition) is 2. The highest BCUT2D eigenvalue weighted by Crippen LogP contribution is 2.26. The molecule has 2 amide bonds. The number of carboxylic acids is 1. The number of nitrogens with one attached hydrogen (secondary N) is 1. The molecule has 0 bridgehead atoms. The predicted molar refractivity (Wildman–Crippen MR) is 90.3 cm³/mol. The van der Waals surface area contributed by atoms with Crippen LogP contribution in [0.3, 0.4) is 0 Å². The number of fused-ring (bicyclic) bond motifs is 1. The number of rotatable bonds is 5. The van der Waals surface area contributed by atoms with E-state index in [0.717, 1.165) is 10.9 Å². The number of nitrogens with zero attached hydrogens (tertiary/aromatic N) is 1. The Hall–Kier alpha value is -2.63. The van der Waals surface area contributed by atoms with Gasteiger partial charge in [0.1, 0.15) is 5.82 Å². The first-order chi connectivity index (χ1) is 11.3. The molecule has 0 heterocycles. The molecule has 5 nitrogen and oxygen atoms in total. The lowest BCUT2D eigenvalue weighted by atomic mass is 9.99. The van der Waals surface area contributed by atoms with E-state index in [0.29, 0.717) is 5.39 Å². The molecule has 2 aromatic carbocycles. The van der Waals surface area contributed by atoms with Crippen LogP contribution in [0.2, 0.25) is 0 Å². The van der Waals surface area contributed by atoms with Crippen LogP contribution < -0.4 is 5.32 Å². The summed E-state index contributed by atoms with van der Waals surface area (Å²) in [6.45, 7) is 3.47. The van der Waals surface area contributed by atoms with Crippen LogP contribution >= 0.6 is 0 Å². The highest BCUT2D eigenvalue weighted by molar-refractivity contribution is 5.87. The Morgan fingerprint density at radius 2 is 1.79 bits per heavy atom. The lowest BCUT2D eigenvalue weighted by molar-refractivity contribution is -0.141. The molecule has 0 saturated heterocycles. The van der Waals surface area contributed by atoms with Crippen molar-refractivity contribution in [3.8, 4) is 0 Å². The van der Waals surface area contributed by atoms with Crippen molar-refractivity contribution in [2.24, 2.45) is 5.92 Å². The summed E-state index contributed by atoms with van der Waals surface area (Å²) in [5, 5.41) is 13.0. The van der Waals surface area contributed by atoms with E-state index in [4.69, 9.17) is 5.11 Å². The van der Waals surface area contributed by atoms with Crippen molar-refractivity contribution in [2.45, 2.75) is 19.9 Å².